The lowest BCUT2D eigenvalue weighted by Gasteiger charge is -2.18. The molecule has 0 aliphatic carbocycles. The van der Waals surface area contributed by atoms with Crippen molar-refractivity contribution < 1.29 is 13.2 Å². The lowest BCUT2D eigenvalue weighted by Crippen LogP contribution is -2.25. The van der Waals surface area contributed by atoms with E-state index >= 15 is 0 Å². The van der Waals surface area contributed by atoms with Gasteiger partial charge in [-0.1, -0.05) is 0 Å². The number of nitrogens with one attached hydrogen (secondary N) is 2. The van der Waals surface area contributed by atoms with Gasteiger partial charge in [0.1, 0.15) is 5.82 Å². The molecular weight excluding hydrogens is 313 g/mol. The van der Waals surface area contributed by atoms with Crippen LogP contribution >= 0.6 is 0 Å². The summed E-state index contributed by atoms with van der Waals surface area (Å²) in [6.45, 7) is 1.05. The third-order valence-corrected chi connectivity index (χ3v) is 3.81. The minimum absolute atomic E-state index is 0.0749. The van der Waals surface area contributed by atoms with Gasteiger partial charge < -0.3 is 9.88 Å². The molecule has 0 aromatic carbocycles. The SMILES string of the molecule is O=c1cc(C2CCN(c3ccc(C(F)(F)F)cn3)C2)[nH]c(=O)[nH]1. The van der Waals surface area contributed by atoms with E-state index in [9.17, 15) is 22.8 Å². The quantitative estimate of drug-likeness (QED) is 0.876. The predicted octanol–water partition coefficient (Wildman–Crippen LogP) is 1.47. The highest BCUT2D eigenvalue weighted by molar-refractivity contribution is 5.42. The lowest BCUT2D eigenvalue weighted by molar-refractivity contribution is -0.137. The second-order valence-corrected chi connectivity index (χ2v) is 5.38. The number of nitrogens with zero attached hydrogens (tertiary/aromatic N) is 2. The summed E-state index contributed by atoms with van der Waals surface area (Å²) >= 11 is 0. The van der Waals surface area contributed by atoms with Crippen LogP contribution in [0.3, 0.4) is 0 Å². The molecule has 1 saturated heterocycles. The Hall–Kier alpha value is -2.58. The van der Waals surface area contributed by atoms with E-state index in [4.69, 9.17) is 0 Å². The number of H-pyrrole nitrogens is 2. The fraction of sp³-hybridized carbons (Fsp3) is 0.357. The Balaban J connectivity index is 1.77. The highest BCUT2D eigenvalue weighted by atomic mass is 19.4. The first kappa shape index (κ1) is 15.3. The highest BCUT2D eigenvalue weighted by Gasteiger charge is 2.31. The van der Waals surface area contributed by atoms with Crippen molar-refractivity contribution in [3.8, 4) is 0 Å². The molecule has 23 heavy (non-hydrogen) atoms. The molecule has 0 amide bonds. The summed E-state index contributed by atoms with van der Waals surface area (Å²) in [6.07, 6.45) is -2.94. The van der Waals surface area contributed by atoms with E-state index in [0.717, 1.165) is 12.3 Å². The van der Waals surface area contributed by atoms with Crippen molar-refractivity contribution in [3.05, 3.63) is 56.5 Å². The van der Waals surface area contributed by atoms with Crippen LogP contribution in [0.25, 0.3) is 0 Å². The summed E-state index contributed by atoms with van der Waals surface area (Å²) < 4.78 is 37.6. The molecule has 1 aliphatic heterocycles. The van der Waals surface area contributed by atoms with E-state index in [0.29, 0.717) is 31.0 Å². The van der Waals surface area contributed by atoms with Gasteiger partial charge in [0.2, 0.25) is 0 Å². The minimum Gasteiger partial charge on any atom is -0.356 e. The topological polar surface area (TPSA) is 81.8 Å². The van der Waals surface area contributed by atoms with Crippen molar-refractivity contribution in [2.24, 2.45) is 0 Å². The van der Waals surface area contributed by atoms with Crippen molar-refractivity contribution in [1.82, 2.24) is 15.0 Å². The summed E-state index contributed by atoms with van der Waals surface area (Å²) in [5.41, 5.74) is -1.32. The molecule has 0 radical (unpaired) electrons. The Morgan fingerprint density at radius 1 is 1.22 bits per heavy atom. The Kier molecular flexibility index (Phi) is 3.70. The van der Waals surface area contributed by atoms with Crippen LogP contribution in [0.2, 0.25) is 0 Å². The first-order valence-corrected chi connectivity index (χ1v) is 6.94. The number of rotatable bonds is 2. The zero-order valence-corrected chi connectivity index (χ0v) is 11.9. The molecule has 0 saturated carbocycles. The van der Waals surface area contributed by atoms with Gasteiger partial charge in [0.15, 0.2) is 0 Å². The van der Waals surface area contributed by atoms with Gasteiger partial charge in [-0.3, -0.25) is 9.78 Å². The Morgan fingerprint density at radius 3 is 2.61 bits per heavy atom. The van der Waals surface area contributed by atoms with E-state index in [1.165, 1.54) is 12.1 Å². The van der Waals surface area contributed by atoms with Gasteiger partial charge in [-0.2, -0.15) is 13.2 Å². The van der Waals surface area contributed by atoms with E-state index in [2.05, 4.69) is 15.0 Å². The molecule has 2 aromatic heterocycles. The molecule has 0 spiro atoms. The Morgan fingerprint density at radius 2 is 2.00 bits per heavy atom. The van der Waals surface area contributed by atoms with Gasteiger partial charge in [-0.05, 0) is 18.6 Å². The van der Waals surface area contributed by atoms with Crippen molar-refractivity contribution in [2.75, 3.05) is 18.0 Å². The maximum Gasteiger partial charge on any atom is 0.417 e. The summed E-state index contributed by atoms with van der Waals surface area (Å²) in [6, 6.07) is 3.65. The Labute approximate surface area is 128 Å². The fourth-order valence-corrected chi connectivity index (χ4v) is 2.67. The van der Waals surface area contributed by atoms with Gasteiger partial charge in [0, 0.05) is 37.0 Å². The number of halogens is 3. The Bertz CT molecular complexity index is 782. The molecule has 3 rings (SSSR count). The number of hydrogen-bond donors (Lipinski definition) is 2. The number of pyridine rings is 1. The molecule has 1 fully saturated rings. The van der Waals surface area contributed by atoms with Gasteiger partial charge >= 0.3 is 11.9 Å². The van der Waals surface area contributed by atoms with E-state index in [1.807, 2.05) is 4.90 Å². The van der Waals surface area contributed by atoms with E-state index < -0.39 is 23.0 Å². The second kappa shape index (κ2) is 5.56. The molecule has 2 N–H and O–H groups in total. The number of aromatic amines is 2. The lowest BCUT2D eigenvalue weighted by atomic mass is 10.1. The summed E-state index contributed by atoms with van der Waals surface area (Å²) in [7, 11) is 0. The van der Waals surface area contributed by atoms with Crippen LogP contribution < -0.4 is 16.1 Å². The standard InChI is InChI=1S/C14H13F3N4O2/c15-14(16,17)9-1-2-11(18-6-9)21-4-3-8(7-21)10-5-12(22)20-13(23)19-10/h1-2,5-6,8H,3-4,7H2,(H2,19,20,22,23). The monoisotopic (exact) mass is 326 g/mol. The molecule has 2 aromatic rings. The van der Waals surface area contributed by atoms with Crippen molar-refractivity contribution >= 4 is 5.82 Å². The van der Waals surface area contributed by atoms with E-state index in [1.54, 1.807) is 0 Å². The molecule has 1 aliphatic rings. The van der Waals surface area contributed by atoms with Crippen molar-refractivity contribution in [1.29, 1.82) is 0 Å². The summed E-state index contributed by atoms with van der Waals surface area (Å²) in [4.78, 5) is 33.0. The van der Waals surface area contributed by atoms with Gasteiger partial charge in [0.25, 0.3) is 5.56 Å². The number of anilines is 1. The van der Waals surface area contributed by atoms with Crippen LogP contribution in [0, 0.1) is 0 Å². The molecule has 3 heterocycles. The predicted molar refractivity (Wildman–Crippen MR) is 76.5 cm³/mol. The highest BCUT2D eigenvalue weighted by Crippen LogP contribution is 2.31. The first-order valence-electron chi connectivity index (χ1n) is 6.94. The van der Waals surface area contributed by atoms with Crippen LogP contribution in [0.15, 0.2) is 34.0 Å². The molecule has 1 unspecified atom stereocenters. The van der Waals surface area contributed by atoms with Crippen molar-refractivity contribution in [2.45, 2.75) is 18.5 Å². The largest absolute Gasteiger partial charge is 0.417 e. The summed E-state index contributed by atoms with van der Waals surface area (Å²) in [5.74, 6) is 0.363. The molecule has 122 valence electrons. The zero-order valence-electron chi connectivity index (χ0n) is 11.9. The number of aromatic nitrogens is 3. The number of alkyl halides is 3. The first-order chi connectivity index (χ1) is 10.8. The van der Waals surface area contributed by atoms with Crippen LogP contribution in [-0.2, 0) is 6.18 Å². The smallest absolute Gasteiger partial charge is 0.356 e. The molecule has 1 atom stereocenters. The minimum atomic E-state index is -4.41. The van der Waals surface area contributed by atoms with Gasteiger partial charge in [0.05, 0.1) is 5.56 Å². The average Bonchev–Trinajstić information content (AvgIpc) is 2.95. The molecule has 9 heteroatoms. The maximum absolute atomic E-state index is 12.5. The molecule has 6 nitrogen and oxygen atoms in total. The fourth-order valence-electron chi connectivity index (χ4n) is 2.67. The molecular formula is C14H13F3N4O2. The zero-order chi connectivity index (χ0) is 16.6. The second-order valence-electron chi connectivity index (χ2n) is 5.38. The maximum atomic E-state index is 12.5. The summed E-state index contributed by atoms with van der Waals surface area (Å²) in [5, 5.41) is 0. The number of hydrogen-bond acceptors (Lipinski definition) is 4. The van der Waals surface area contributed by atoms with Gasteiger partial charge in [-0.15, -0.1) is 0 Å². The normalized spacial score (nSPS) is 18.4. The van der Waals surface area contributed by atoms with E-state index in [-0.39, 0.29) is 5.92 Å². The van der Waals surface area contributed by atoms with Crippen LogP contribution in [-0.4, -0.2) is 28.0 Å². The van der Waals surface area contributed by atoms with Crippen molar-refractivity contribution in [3.63, 3.8) is 0 Å². The van der Waals surface area contributed by atoms with Gasteiger partial charge in [-0.25, -0.2) is 9.78 Å². The van der Waals surface area contributed by atoms with Crippen LogP contribution in [0.5, 0.6) is 0 Å². The van der Waals surface area contributed by atoms with Crippen LogP contribution in [0.1, 0.15) is 23.6 Å². The average molecular weight is 326 g/mol. The third kappa shape index (κ3) is 3.27. The molecule has 0 bridgehead atoms. The van der Waals surface area contributed by atoms with Crippen LogP contribution in [0.4, 0.5) is 19.0 Å². The third-order valence-electron chi connectivity index (χ3n) is 3.81.